The molecule has 0 saturated carbocycles. The highest BCUT2D eigenvalue weighted by molar-refractivity contribution is 7.92. The number of rotatable bonds is 5. The van der Waals surface area contributed by atoms with Crippen LogP contribution < -0.4 is 4.72 Å². The smallest absolute Gasteiger partial charge is 0.233 e. The Kier molecular flexibility index (Phi) is 4.40. The summed E-state index contributed by atoms with van der Waals surface area (Å²) in [5, 5.41) is 9.12. The second-order valence-corrected chi connectivity index (χ2v) is 7.28. The zero-order valence-corrected chi connectivity index (χ0v) is 12.1. The van der Waals surface area contributed by atoms with Crippen molar-refractivity contribution in [2.24, 2.45) is 5.41 Å². The Balaban J connectivity index is 2.89. The zero-order valence-electron chi connectivity index (χ0n) is 11.3. The Morgan fingerprint density at radius 1 is 1.17 bits per heavy atom. The maximum absolute atomic E-state index is 12.0. The summed E-state index contributed by atoms with van der Waals surface area (Å²) >= 11 is 0. The highest BCUT2D eigenvalue weighted by atomic mass is 32.2. The van der Waals surface area contributed by atoms with Gasteiger partial charge in [-0.15, -0.1) is 0 Å². The number of aryl methyl sites for hydroxylation is 2. The quantitative estimate of drug-likeness (QED) is 0.861. The summed E-state index contributed by atoms with van der Waals surface area (Å²) in [5.74, 6) is -0.108. The van der Waals surface area contributed by atoms with E-state index in [4.69, 9.17) is 5.11 Å². The van der Waals surface area contributed by atoms with Crippen LogP contribution in [0.1, 0.15) is 25.0 Å². The first-order valence-corrected chi connectivity index (χ1v) is 7.48. The van der Waals surface area contributed by atoms with Crippen molar-refractivity contribution in [3.63, 3.8) is 0 Å². The summed E-state index contributed by atoms with van der Waals surface area (Å²) in [5.41, 5.74) is 1.94. The highest BCUT2D eigenvalue weighted by Crippen LogP contribution is 2.20. The second-order valence-electron chi connectivity index (χ2n) is 5.56. The van der Waals surface area contributed by atoms with Crippen LogP contribution in [0.15, 0.2) is 18.2 Å². The molecule has 0 aliphatic heterocycles. The van der Waals surface area contributed by atoms with Crippen molar-refractivity contribution in [3.05, 3.63) is 29.3 Å². The van der Waals surface area contributed by atoms with E-state index in [0.29, 0.717) is 5.69 Å². The van der Waals surface area contributed by atoms with Gasteiger partial charge in [0.2, 0.25) is 10.0 Å². The van der Waals surface area contributed by atoms with E-state index < -0.39 is 15.4 Å². The lowest BCUT2D eigenvalue weighted by Crippen LogP contribution is -2.31. The van der Waals surface area contributed by atoms with E-state index in [2.05, 4.69) is 4.72 Å². The third kappa shape index (κ3) is 4.66. The lowest BCUT2D eigenvalue weighted by Gasteiger charge is -2.21. The van der Waals surface area contributed by atoms with Crippen molar-refractivity contribution in [2.45, 2.75) is 27.7 Å². The molecule has 0 amide bonds. The van der Waals surface area contributed by atoms with E-state index in [9.17, 15) is 8.42 Å². The minimum Gasteiger partial charge on any atom is -0.396 e. The molecule has 1 rings (SSSR count). The van der Waals surface area contributed by atoms with Crippen molar-refractivity contribution in [1.82, 2.24) is 0 Å². The van der Waals surface area contributed by atoms with Gasteiger partial charge < -0.3 is 5.11 Å². The molecule has 0 spiro atoms. The van der Waals surface area contributed by atoms with E-state index in [1.165, 1.54) is 0 Å². The van der Waals surface area contributed by atoms with Crippen LogP contribution in [0.3, 0.4) is 0 Å². The first kappa shape index (κ1) is 15.0. The van der Waals surface area contributed by atoms with Crippen LogP contribution in [-0.2, 0) is 10.0 Å². The topological polar surface area (TPSA) is 66.4 Å². The van der Waals surface area contributed by atoms with Crippen LogP contribution in [-0.4, -0.2) is 25.9 Å². The van der Waals surface area contributed by atoms with E-state index >= 15 is 0 Å². The second kappa shape index (κ2) is 5.28. The van der Waals surface area contributed by atoms with Crippen LogP contribution in [0.5, 0.6) is 0 Å². The molecule has 0 heterocycles. The van der Waals surface area contributed by atoms with Crippen molar-refractivity contribution < 1.29 is 13.5 Å². The van der Waals surface area contributed by atoms with Crippen molar-refractivity contribution in [3.8, 4) is 0 Å². The normalized spacial score (nSPS) is 12.5. The number of hydrogen-bond acceptors (Lipinski definition) is 3. The molecule has 0 atom stereocenters. The number of sulfonamides is 1. The summed E-state index contributed by atoms with van der Waals surface area (Å²) in [7, 11) is -3.45. The number of aliphatic hydroxyl groups is 1. The fraction of sp³-hybridized carbons (Fsp3) is 0.538. The number of benzene rings is 1. The van der Waals surface area contributed by atoms with Crippen molar-refractivity contribution >= 4 is 15.7 Å². The van der Waals surface area contributed by atoms with Crippen molar-refractivity contribution in [1.29, 1.82) is 0 Å². The molecule has 5 heteroatoms. The van der Waals surface area contributed by atoms with Gasteiger partial charge in [0.1, 0.15) is 0 Å². The third-order valence-electron chi connectivity index (χ3n) is 2.50. The molecule has 0 fully saturated rings. The Morgan fingerprint density at radius 3 is 2.11 bits per heavy atom. The molecular weight excluding hydrogens is 250 g/mol. The van der Waals surface area contributed by atoms with Crippen LogP contribution in [0, 0.1) is 19.3 Å². The van der Waals surface area contributed by atoms with Crippen LogP contribution >= 0.6 is 0 Å². The van der Waals surface area contributed by atoms with Crippen LogP contribution in [0.2, 0.25) is 0 Å². The van der Waals surface area contributed by atoms with Gasteiger partial charge in [-0.25, -0.2) is 8.42 Å². The van der Waals surface area contributed by atoms with Gasteiger partial charge in [0.15, 0.2) is 0 Å². The average Bonchev–Trinajstić information content (AvgIpc) is 2.12. The molecule has 4 nitrogen and oxygen atoms in total. The maximum Gasteiger partial charge on any atom is 0.233 e. The van der Waals surface area contributed by atoms with Gasteiger partial charge in [-0.3, -0.25) is 4.72 Å². The summed E-state index contributed by atoms with van der Waals surface area (Å²) in [6, 6.07) is 5.56. The van der Waals surface area contributed by atoms with E-state index in [0.717, 1.165) is 11.1 Å². The molecule has 0 bridgehead atoms. The molecule has 102 valence electrons. The SMILES string of the molecule is Cc1cc(C)cc(NS(=O)(=O)CC(C)(C)CO)c1. The van der Waals surface area contributed by atoms with Gasteiger partial charge in [0.05, 0.1) is 5.75 Å². The third-order valence-corrected chi connectivity index (χ3v) is 4.21. The largest absolute Gasteiger partial charge is 0.396 e. The first-order chi connectivity index (χ1) is 8.13. The van der Waals surface area contributed by atoms with Crippen LogP contribution in [0.25, 0.3) is 0 Å². The Labute approximate surface area is 109 Å². The maximum atomic E-state index is 12.0. The molecule has 0 aromatic heterocycles. The minimum atomic E-state index is -3.45. The van der Waals surface area contributed by atoms with Gasteiger partial charge in [0.25, 0.3) is 0 Å². The molecule has 1 aromatic rings. The first-order valence-electron chi connectivity index (χ1n) is 5.83. The molecule has 0 unspecified atom stereocenters. The molecule has 0 saturated heterocycles. The Bertz CT molecular complexity index is 501. The number of hydrogen-bond donors (Lipinski definition) is 2. The summed E-state index contributed by atoms with van der Waals surface area (Å²) in [6.45, 7) is 7.10. The van der Waals surface area contributed by atoms with Crippen molar-refractivity contribution in [2.75, 3.05) is 17.1 Å². The van der Waals surface area contributed by atoms with E-state index in [-0.39, 0.29) is 12.4 Å². The molecule has 2 N–H and O–H groups in total. The predicted octanol–water partition coefficient (Wildman–Crippen LogP) is 2.06. The zero-order chi connectivity index (χ0) is 14.0. The lowest BCUT2D eigenvalue weighted by atomic mass is 9.98. The summed E-state index contributed by atoms with van der Waals surface area (Å²) < 4.78 is 26.5. The molecule has 0 aliphatic carbocycles. The van der Waals surface area contributed by atoms with Gasteiger partial charge in [-0.1, -0.05) is 19.9 Å². The highest BCUT2D eigenvalue weighted by Gasteiger charge is 2.25. The molecule has 0 radical (unpaired) electrons. The van der Waals surface area contributed by atoms with E-state index in [1.807, 2.05) is 19.9 Å². The van der Waals surface area contributed by atoms with E-state index in [1.54, 1.807) is 26.0 Å². The fourth-order valence-electron chi connectivity index (χ4n) is 1.81. The number of nitrogens with one attached hydrogen (secondary N) is 1. The molecule has 18 heavy (non-hydrogen) atoms. The average molecular weight is 271 g/mol. The van der Waals surface area contributed by atoms with Gasteiger partial charge in [-0.05, 0) is 37.1 Å². The minimum absolute atomic E-state index is 0.108. The van der Waals surface area contributed by atoms with Gasteiger partial charge in [0, 0.05) is 17.7 Å². The predicted molar refractivity (Wildman–Crippen MR) is 74.2 cm³/mol. The molecular formula is C13H21NO3S. The summed E-state index contributed by atoms with van der Waals surface area (Å²) in [6.07, 6.45) is 0. The molecule has 1 aromatic carbocycles. The standard InChI is InChI=1S/C13H21NO3S/c1-10-5-11(2)7-12(6-10)14-18(16,17)9-13(3,4)8-15/h5-7,14-15H,8-9H2,1-4H3. The summed E-state index contributed by atoms with van der Waals surface area (Å²) in [4.78, 5) is 0. The number of aliphatic hydroxyl groups excluding tert-OH is 1. The van der Waals surface area contributed by atoms with Crippen LogP contribution in [0.4, 0.5) is 5.69 Å². The molecule has 0 aliphatic rings. The Hall–Kier alpha value is -1.07. The van der Waals surface area contributed by atoms with Gasteiger partial charge in [-0.2, -0.15) is 0 Å². The fourth-order valence-corrected chi connectivity index (χ4v) is 3.48. The Morgan fingerprint density at radius 2 is 1.67 bits per heavy atom. The monoisotopic (exact) mass is 271 g/mol. The van der Waals surface area contributed by atoms with Gasteiger partial charge >= 0.3 is 0 Å². The lowest BCUT2D eigenvalue weighted by molar-refractivity contribution is 0.179. The number of anilines is 1.